The number of hydrogen-bond acceptors (Lipinski definition) is 5. The normalized spacial score (nSPS) is 23.3. The summed E-state index contributed by atoms with van der Waals surface area (Å²) in [6.45, 7) is 4.55. The van der Waals surface area contributed by atoms with Crippen LogP contribution in [0.15, 0.2) is 36.4 Å². The summed E-state index contributed by atoms with van der Waals surface area (Å²) in [5, 5.41) is 15.7. The highest BCUT2D eigenvalue weighted by atomic mass is 16.5. The van der Waals surface area contributed by atoms with E-state index in [2.05, 4.69) is 17.6 Å². The zero-order valence-electron chi connectivity index (χ0n) is 19.3. The zero-order valence-corrected chi connectivity index (χ0v) is 19.3. The summed E-state index contributed by atoms with van der Waals surface area (Å²) in [7, 11) is 1.68. The number of anilines is 1. The molecule has 176 valence electrons. The van der Waals surface area contributed by atoms with Gasteiger partial charge in [-0.15, -0.1) is 0 Å². The molecule has 0 spiro atoms. The molecule has 1 unspecified atom stereocenters. The van der Waals surface area contributed by atoms with Gasteiger partial charge in [0.1, 0.15) is 0 Å². The number of methoxy groups -OCH3 is 1. The Kier molecular flexibility index (Phi) is 9.26. The Morgan fingerprint density at radius 1 is 1.28 bits per heavy atom. The number of piperidine rings is 1. The Morgan fingerprint density at radius 2 is 2.06 bits per heavy atom. The van der Waals surface area contributed by atoms with Crippen LogP contribution in [0.3, 0.4) is 0 Å². The second-order valence-corrected chi connectivity index (χ2v) is 8.87. The van der Waals surface area contributed by atoms with Gasteiger partial charge in [-0.3, -0.25) is 9.59 Å². The third kappa shape index (κ3) is 6.40. The molecule has 1 aromatic carbocycles. The highest BCUT2D eigenvalue weighted by Gasteiger charge is 2.27. The maximum absolute atomic E-state index is 12.4. The molecule has 2 fully saturated rings. The molecule has 2 saturated heterocycles. The Hall–Kier alpha value is -2.22. The number of hydrogen-bond donors (Lipinski definition) is 3. The van der Waals surface area contributed by atoms with Crippen LogP contribution in [0.5, 0.6) is 0 Å². The fourth-order valence-electron chi connectivity index (χ4n) is 4.69. The van der Waals surface area contributed by atoms with Crippen molar-refractivity contribution in [3.63, 3.8) is 0 Å². The monoisotopic (exact) mass is 443 g/mol. The van der Waals surface area contributed by atoms with E-state index in [9.17, 15) is 14.7 Å². The van der Waals surface area contributed by atoms with Gasteiger partial charge in [-0.25, -0.2) is 0 Å². The van der Waals surface area contributed by atoms with Crippen molar-refractivity contribution < 1.29 is 19.4 Å². The van der Waals surface area contributed by atoms with Gasteiger partial charge in [-0.1, -0.05) is 31.2 Å². The minimum Gasteiger partial charge on any atom is -0.394 e. The predicted molar refractivity (Wildman–Crippen MR) is 125 cm³/mol. The standard InChI is InChI=1S/C25H37N3O4/c1-18(6-3-9-23(30)28-15-5-8-22(28)17-29)24(32-2)19-10-12-21(13-11-19)27-25(31)20-7-4-14-26-16-20/h3,6,10-13,18,20,22,24,26,29H,4-5,7-9,14-17H2,1-2H3,(H,27,31)/b6-3+/t18-,20?,22-,24+/m0/s1. The van der Waals surface area contributed by atoms with Gasteiger partial charge in [-0.2, -0.15) is 0 Å². The van der Waals surface area contributed by atoms with Crippen molar-refractivity contribution in [3.8, 4) is 0 Å². The van der Waals surface area contributed by atoms with Crippen LogP contribution in [-0.2, 0) is 14.3 Å². The Bertz CT molecular complexity index is 774. The number of ether oxygens (including phenoxy) is 1. The summed E-state index contributed by atoms with van der Waals surface area (Å²) < 4.78 is 5.73. The number of carbonyl (C=O) groups is 2. The maximum atomic E-state index is 12.4. The van der Waals surface area contributed by atoms with Gasteiger partial charge < -0.3 is 25.4 Å². The summed E-state index contributed by atoms with van der Waals surface area (Å²) in [5.74, 6) is 0.230. The average molecular weight is 444 g/mol. The SMILES string of the molecule is CO[C@@H](c1ccc(NC(=O)C2CCCNC2)cc1)[C@@H](C)/C=C/CC(=O)N1CCC[C@H]1CO. The topological polar surface area (TPSA) is 90.9 Å². The van der Waals surface area contributed by atoms with E-state index < -0.39 is 0 Å². The largest absolute Gasteiger partial charge is 0.394 e. The van der Waals surface area contributed by atoms with Gasteiger partial charge in [0.15, 0.2) is 0 Å². The molecule has 0 aromatic heterocycles. The summed E-state index contributed by atoms with van der Waals surface area (Å²) in [5.41, 5.74) is 1.81. The highest BCUT2D eigenvalue weighted by Crippen LogP contribution is 2.28. The first-order valence-corrected chi connectivity index (χ1v) is 11.7. The fraction of sp³-hybridized carbons (Fsp3) is 0.600. The van der Waals surface area contributed by atoms with Crippen molar-refractivity contribution >= 4 is 17.5 Å². The molecule has 0 aliphatic carbocycles. The molecule has 2 heterocycles. The second-order valence-electron chi connectivity index (χ2n) is 8.87. The Balaban J connectivity index is 1.53. The fourth-order valence-corrected chi connectivity index (χ4v) is 4.69. The summed E-state index contributed by atoms with van der Waals surface area (Å²) >= 11 is 0. The lowest BCUT2D eigenvalue weighted by Crippen LogP contribution is -2.37. The molecular formula is C25H37N3O4. The molecule has 2 aliphatic rings. The molecular weight excluding hydrogens is 406 g/mol. The summed E-state index contributed by atoms with van der Waals surface area (Å²) in [4.78, 5) is 26.7. The number of carbonyl (C=O) groups excluding carboxylic acids is 2. The molecule has 0 saturated carbocycles. The quantitative estimate of drug-likeness (QED) is 0.511. The minimum absolute atomic E-state index is 0.0243. The molecule has 2 aliphatic heterocycles. The first-order chi connectivity index (χ1) is 15.5. The van der Waals surface area contributed by atoms with Gasteiger partial charge in [0.05, 0.1) is 24.7 Å². The molecule has 32 heavy (non-hydrogen) atoms. The average Bonchev–Trinajstić information content (AvgIpc) is 3.30. The Labute approximate surface area is 191 Å². The first-order valence-electron chi connectivity index (χ1n) is 11.7. The van der Waals surface area contributed by atoms with Crippen molar-refractivity contribution in [2.24, 2.45) is 11.8 Å². The molecule has 0 bridgehead atoms. The lowest BCUT2D eigenvalue weighted by Gasteiger charge is -2.23. The smallest absolute Gasteiger partial charge is 0.228 e. The third-order valence-corrected chi connectivity index (χ3v) is 6.55. The van der Waals surface area contributed by atoms with Crippen LogP contribution in [-0.4, -0.2) is 61.2 Å². The predicted octanol–water partition coefficient (Wildman–Crippen LogP) is 2.88. The molecule has 4 atom stereocenters. The second kappa shape index (κ2) is 12.1. The van der Waals surface area contributed by atoms with E-state index in [1.54, 1.807) is 12.0 Å². The number of amides is 2. The van der Waals surface area contributed by atoms with Crippen LogP contribution in [0.2, 0.25) is 0 Å². The molecule has 3 rings (SSSR count). The van der Waals surface area contributed by atoms with Gasteiger partial charge in [0.25, 0.3) is 0 Å². The van der Waals surface area contributed by atoms with Crippen molar-refractivity contribution in [3.05, 3.63) is 42.0 Å². The first kappa shape index (κ1) is 24.4. The number of benzene rings is 1. The van der Waals surface area contributed by atoms with E-state index in [-0.39, 0.29) is 42.4 Å². The van der Waals surface area contributed by atoms with Crippen LogP contribution in [0, 0.1) is 11.8 Å². The number of likely N-dealkylation sites (tertiary alicyclic amines) is 1. The lowest BCUT2D eigenvalue weighted by atomic mass is 9.96. The van der Waals surface area contributed by atoms with E-state index in [1.807, 2.05) is 36.4 Å². The van der Waals surface area contributed by atoms with E-state index in [1.165, 1.54) is 0 Å². The van der Waals surface area contributed by atoms with Crippen LogP contribution >= 0.6 is 0 Å². The molecule has 0 radical (unpaired) electrons. The van der Waals surface area contributed by atoms with Crippen molar-refractivity contribution in [2.45, 2.75) is 51.2 Å². The van der Waals surface area contributed by atoms with Crippen molar-refractivity contribution in [1.82, 2.24) is 10.2 Å². The van der Waals surface area contributed by atoms with E-state index in [4.69, 9.17) is 4.74 Å². The lowest BCUT2D eigenvalue weighted by molar-refractivity contribution is -0.131. The number of rotatable bonds is 9. The number of nitrogens with zero attached hydrogens (tertiary/aromatic N) is 1. The van der Waals surface area contributed by atoms with Crippen LogP contribution in [0.4, 0.5) is 5.69 Å². The van der Waals surface area contributed by atoms with Gasteiger partial charge in [-0.05, 0) is 49.9 Å². The van der Waals surface area contributed by atoms with E-state index >= 15 is 0 Å². The minimum atomic E-state index is -0.148. The van der Waals surface area contributed by atoms with Crippen molar-refractivity contribution in [2.75, 3.05) is 38.7 Å². The van der Waals surface area contributed by atoms with Crippen LogP contribution in [0.25, 0.3) is 0 Å². The van der Waals surface area contributed by atoms with Gasteiger partial charge in [0.2, 0.25) is 11.8 Å². The molecule has 7 heteroatoms. The van der Waals surface area contributed by atoms with Gasteiger partial charge in [0, 0.05) is 38.2 Å². The number of aliphatic hydroxyl groups excluding tert-OH is 1. The summed E-state index contributed by atoms with van der Waals surface area (Å²) in [6, 6.07) is 7.76. The van der Waals surface area contributed by atoms with Crippen molar-refractivity contribution in [1.29, 1.82) is 0 Å². The van der Waals surface area contributed by atoms with Crippen LogP contribution in [0.1, 0.15) is 50.7 Å². The van der Waals surface area contributed by atoms with Crippen LogP contribution < -0.4 is 10.6 Å². The zero-order chi connectivity index (χ0) is 22.9. The molecule has 1 aromatic rings. The Morgan fingerprint density at radius 3 is 2.72 bits per heavy atom. The molecule has 3 N–H and O–H groups in total. The van der Waals surface area contributed by atoms with Gasteiger partial charge >= 0.3 is 0 Å². The number of aliphatic hydroxyl groups is 1. The maximum Gasteiger partial charge on any atom is 0.228 e. The molecule has 7 nitrogen and oxygen atoms in total. The van der Waals surface area contributed by atoms with E-state index in [0.29, 0.717) is 6.42 Å². The third-order valence-electron chi connectivity index (χ3n) is 6.55. The van der Waals surface area contributed by atoms with E-state index in [0.717, 1.165) is 56.6 Å². The highest BCUT2D eigenvalue weighted by molar-refractivity contribution is 5.92. The molecule has 2 amide bonds. The number of nitrogens with one attached hydrogen (secondary N) is 2. The summed E-state index contributed by atoms with van der Waals surface area (Å²) in [6.07, 6.45) is 7.89.